The number of nitrogens with zero attached hydrogens (tertiary/aromatic N) is 1. The molecular weight excluding hydrogens is 310 g/mol. The van der Waals surface area contributed by atoms with Crippen LogP contribution in [0.4, 0.5) is 0 Å². The predicted molar refractivity (Wildman–Crippen MR) is 80.6 cm³/mol. The molecular formula is C15H15ClNO5. The van der Waals surface area contributed by atoms with Gasteiger partial charge in [0.25, 0.3) is 0 Å². The molecule has 7 heteroatoms. The van der Waals surface area contributed by atoms with Gasteiger partial charge in [0.15, 0.2) is 5.92 Å². The van der Waals surface area contributed by atoms with Crippen molar-refractivity contribution < 1.29 is 24.9 Å². The SMILES string of the molecule is CCCC(C(=O)O)C(=O)O.[O]c1ccc(Cl)c2cccnc12. The lowest BCUT2D eigenvalue weighted by Crippen LogP contribution is -2.22. The minimum atomic E-state index is -1.26. The number of pyridine rings is 1. The molecule has 0 saturated heterocycles. The molecule has 0 unspecified atom stereocenters. The molecule has 0 aliphatic carbocycles. The monoisotopic (exact) mass is 324 g/mol. The molecule has 0 atom stereocenters. The number of carboxylic acids is 2. The van der Waals surface area contributed by atoms with Crippen LogP contribution < -0.4 is 0 Å². The number of hydrogen-bond donors (Lipinski definition) is 2. The number of carbonyl (C=O) groups is 2. The van der Waals surface area contributed by atoms with Gasteiger partial charge in [0.2, 0.25) is 5.75 Å². The van der Waals surface area contributed by atoms with E-state index in [1.54, 1.807) is 31.3 Å². The number of aliphatic carboxylic acids is 2. The van der Waals surface area contributed by atoms with Gasteiger partial charge in [0, 0.05) is 11.6 Å². The van der Waals surface area contributed by atoms with Gasteiger partial charge in [-0.05, 0) is 30.7 Å². The molecule has 0 amide bonds. The summed E-state index contributed by atoms with van der Waals surface area (Å²) < 4.78 is 0. The molecule has 0 fully saturated rings. The minimum absolute atomic E-state index is 0.0880. The van der Waals surface area contributed by atoms with Crippen LogP contribution in [0.1, 0.15) is 19.8 Å². The Labute approximate surface area is 132 Å². The maximum absolute atomic E-state index is 11.2. The smallest absolute Gasteiger partial charge is 0.317 e. The van der Waals surface area contributed by atoms with Crippen molar-refractivity contribution in [1.29, 1.82) is 0 Å². The van der Waals surface area contributed by atoms with Gasteiger partial charge < -0.3 is 10.2 Å². The molecule has 0 saturated carbocycles. The van der Waals surface area contributed by atoms with Crippen LogP contribution >= 0.6 is 11.6 Å². The van der Waals surface area contributed by atoms with Crippen LogP contribution in [0, 0.1) is 5.92 Å². The fourth-order valence-electron chi connectivity index (χ4n) is 1.75. The molecule has 0 aliphatic heterocycles. The molecule has 0 spiro atoms. The van der Waals surface area contributed by atoms with Crippen LogP contribution in [-0.2, 0) is 14.7 Å². The van der Waals surface area contributed by atoms with E-state index in [0.717, 1.165) is 0 Å². The topological polar surface area (TPSA) is 107 Å². The Morgan fingerprint density at radius 1 is 1.23 bits per heavy atom. The summed E-state index contributed by atoms with van der Waals surface area (Å²) in [5, 5.41) is 29.1. The Bertz CT molecular complexity index is 620. The summed E-state index contributed by atoms with van der Waals surface area (Å²) >= 11 is 5.85. The molecule has 1 heterocycles. The third-order valence-electron chi connectivity index (χ3n) is 2.85. The average molecular weight is 325 g/mol. The van der Waals surface area contributed by atoms with E-state index in [4.69, 9.17) is 21.8 Å². The van der Waals surface area contributed by atoms with Gasteiger partial charge in [-0.2, -0.15) is 0 Å². The van der Waals surface area contributed by atoms with Crippen molar-refractivity contribution in [1.82, 2.24) is 4.98 Å². The van der Waals surface area contributed by atoms with Crippen molar-refractivity contribution in [3.8, 4) is 5.75 Å². The first kappa shape index (κ1) is 17.7. The van der Waals surface area contributed by atoms with Crippen molar-refractivity contribution in [2.75, 3.05) is 0 Å². The highest BCUT2D eigenvalue weighted by Crippen LogP contribution is 2.28. The van der Waals surface area contributed by atoms with Crippen LogP contribution in [0.5, 0.6) is 5.75 Å². The molecule has 0 bridgehead atoms. The van der Waals surface area contributed by atoms with Crippen molar-refractivity contribution in [3.05, 3.63) is 35.5 Å². The van der Waals surface area contributed by atoms with Crippen LogP contribution in [0.3, 0.4) is 0 Å². The van der Waals surface area contributed by atoms with Gasteiger partial charge in [-0.25, -0.2) is 0 Å². The van der Waals surface area contributed by atoms with Gasteiger partial charge in [0.1, 0.15) is 5.52 Å². The predicted octanol–water partition coefficient (Wildman–Crippen LogP) is 3.60. The molecule has 1 aromatic carbocycles. The second-order valence-electron chi connectivity index (χ2n) is 4.46. The fraction of sp³-hybridized carbons (Fsp3) is 0.267. The number of carboxylic acid groups (broad SMARTS) is 2. The first-order chi connectivity index (χ1) is 10.4. The number of rotatable bonds is 4. The van der Waals surface area contributed by atoms with E-state index in [1.165, 1.54) is 6.07 Å². The summed E-state index contributed by atoms with van der Waals surface area (Å²) in [5.41, 5.74) is 0.435. The summed E-state index contributed by atoms with van der Waals surface area (Å²) in [5.74, 6) is -3.83. The second kappa shape index (κ2) is 8.19. The maximum Gasteiger partial charge on any atom is 0.317 e. The zero-order valence-corrected chi connectivity index (χ0v) is 12.6. The normalized spacial score (nSPS) is 10.1. The van der Waals surface area contributed by atoms with E-state index in [1.807, 2.05) is 0 Å². The van der Waals surface area contributed by atoms with Crippen molar-refractivity contribution in [2.24, 2.45) is 5.92 Å². The number of hydrogen-bond acceptors (Lipinski definition) is 3. The Morgan fingerprint density at radius 2 is 1.86 bits per heavy atom. The Kier molecular flexibility index (Phi) is 6.59. The first-order valence-electron chi connectivity index (χ1n) is 6.54. The fourth-order valence-corrected chi connectivity index (χ4v) is 1.97. The molecule has 1 aromatic heterocycles. The zero-order valence-electron chi connectivity index (χ0n) is 11.8. The second-order valence-corrected chi connectivity index (χ2v) is 4.87. The molecule has 0 aliphatic rings. The zero-order chi connectivity index (χ0) is 16.7. The van der Waals surface area contributed by atoms with Crippen molar-refractivity contribution in [3.63, 3.8) is 0 Å². The Hall–Kier alpha value is -2.34. The minimum Gasteiger partial charge on any atom is -0.481 e. The largest absolute Gasteiger partial charge is 0.481 e. The summed E-state index contributed by atoms with van der Waals surface area (Å²) in [6.45, 7) is 1.75. The molecule has 2 aromatic rings. The molecule has 117 valence electrons. The molecule has 6 nitrogen and oxygen atoms in total. The first-order valence-corrected chi connectivity index (χ1v) is 6.92. The number of benzene rings is 1. The standard InChI is InChI=1S/C9H5ClNO.C6H10O4/c10-7-3-4-8(12)9-6(7)2-1-5-11-9;1-2-3-4(5(7)8)6(9)10/h1-5H;4H,2-3H2,1H3,(H,7,8)(H,9,10). The quantitative estimate of drug-likeness (QED) is 0.835. The van der Waals surface area contributed by atoms with E-state index < -0.39 is 17.9 Å². The van der Waals surface area contributed by atoms with E-state index in [0.29, 0.717) is 22.3 Å². The number of aromatic nitrogens is 1. The van der Waals surface area contributed by atoms with Crippen LogP contribution in [0.25, 0.3) is 10.9 Å². The number of fused-ring (bicyclic) bond motifs is 1. The van der Waals surface area contributed by atoms with Gasteiger partial charge in [-0.1, -0.05) is 24.9 Å². The van der Waals surface area contributed by atoms with Crippen LogP contribution in [0.15, 0.2) is 30.5 Å². The third kappa shape index (κ3) is 4.60. The van der Waals surface area contributed by atoms with Crippen molar-refractivity contribution in [2.45, 2.75) is 19.8 Å². The van der Waals surface area contributed by atoms with Gasteiger partial charge >= 0.3 is 11.9 Å². The van der Waals surface area contributed by atoms with Crippen molar-refractivity contribution >= 4 is 34.4 Å². The summed E-state index contributed by atoms with van der Waals surface area (Å²) in [6.07, 6.45) is 2.36. The van der Waals surface area contributed by atoms with Crippen LogP contribution in [0.2, 0.25) is 5.02 Å². The van der Waals surface area contributed by atoms with E-state index >= 15 is 0 Å². The maximum atomic E-state index is 11.2. The van der Waals surface area contributed by atoms with Gasteiger partial charge in [0.05, 0.1) is 5.02 Å². The average Bonchev–Trinajstić information content (AvgIpc) is 2.49. The molecule has 22 heavy (non-hydrogen) atoms. The Balaban J connectivity index is 0.000000225. The lowest BCUT2D eigenvalue weighted by atomic mass is 10.1. The van der Waals surface area contributed by atoms with Crippen LogP contribution in [-0.4, -0.2) is 27.1 Å². The van der Waals surface area contributed by atoms with E-state index in [-0.39, 0.29) is 12.2 Å². The Morgan fingerprint density at radius 3 is 2.32 bits per heavy atom. The molecule has 1 radical (unpaired) electrons. The van der Waals surface area contributed by atoms with Gasteiger partial charge in [-0.15, -0.1) is 0 Å². The summed E-state index contributed by atoms with van der Waals surface area (Å²) in [4.78, 5) is 24.2. The lowest BCUT2D eigenvalue weighted by molar-refractivity contribution is -0.154. The van der Waals surface area contributed by atoms with E-state index in [2.05, 4.69) is 4.98 Å². The molecule has 2 rings (SSSR count). The highest BCUT2D eigenvalue weighted by molar-refractivity contribution is 6.35. The van der Waals surface area contributed by atoms with Gasteiger partial charge in [-0.3, -0.25) is 19.7 Å². The third-order valence-corrected chi connectivity index (χ3v) is 3.18. The highest BCUT2D eigenvalue weighted by atomic mass is 35.5. The van der Waals surface area contributed by atoms with E-state index in [9.17, 15) is 14.7 Å². The highest BCUT2D eigenvalue weighted by Gasteiger charge is 2.23. The molecule has 2 N–H and O–H groups in total. The summed E-state index contributed by atoms with van der Waals surface area (Å²) in [6, 6.07) is 6.56. The summed E-state index contributed by atoms with van der Waals surface area (Å²) in [7, 11) is 0. The lowest BCUT2D eigenvalue weighted by Gasteiger charge is -2.02. The number of halogens is 1.